The van der Waals surface area contributed by atoms with Crippen LogP contribution in [0.15, 0.2) is 0 Å². The fourth-order valence-electron chi connectivity index (χ4n) is 3.79. The fourth-order valence-corrected chi connectivity index (χ4v) is 4.04. The molecule has 2 fully saturated rings. The average Bonchev–Trinajstić information content (AvgIpc) is 2.34. The largest absolute Gasteiger partial charge is 0.392 e. The summed E-state index contributed by atoms with van der Waals surface area (Å²) in [4.78, 5) is 15.4. The Balaban J connectivity index is 2.14. The first kappa shape index (κ1) is 14.8. The monoisotopic (exact) mass is 282 g/mol. The number of nitrogens with two attached hydrogens (primary N) is 1. The molecule has 0 aromatic carbocycles. The van der Waals surface area contributed by atoms with Crippen molar-refractivity contribution in [1.29, 1.82) is 0 Å². The molecule has 0 bridgehead atoms. The van der Waals surface area contributed by atoms with Gasteiger partial charge in [-0.3, -0.25) is 4.79 Å². The molecule has 1 unspecified atom stereocenters. The molecule has 1 aliphatic heterocycles. The van der Waals surface area contributed by atoms with Gasteiger partial charge in [0, 0.05) is 12.6 Å². The summed E-state index contributed by atoms with van der Waals surface area (Å²) in [5.41, 5.74) is 5.39. The zero-order chi connectivity index (χ0) is 14.0. The van der Waals surface area contributed by atoms with E-state index in [0.717, 1.165) is 45.1 Å². The molecule has 3 nitrogen and oxygen atoms in total. The van der Waals surface area contributed by atoms with Crippen molar-refractivity contribution in [3.63, 3.8) is 0 Å². The van der Waals surface area contributed by atoms with Gasteiger partial charge >= 0.3 is 0 Å². The molecule has 19 heavy (non-hydrogen) atoms. The van der Waals surface area contributed by atoms with Gasteiger partial charge in [0.25, 0.3) is 0 Å². The van der Waals surface area contributed by atoms with Crippen molar-refractivity contribution in [3.8, 4) is 0 Å². The molecule has 0 aromatic heterocycles. The zero-order valence-corrected chi connectivity index (χ0v) is 13.0. The van der Waals surface area contributed by atoms with E-state index in [0.29, 0.717) is 16.9 Å². The van der Waals surface area contributed by atoms with Crippen LogP contribution in [-0.4, -0.2) is 28.4 Å². The summed E-state index contributed by atoms with van der Waals surface area (Å²) in [7, 11) is 0. The predicted octanol–water partition coefficient (Wildman–Crippen LogP) is 2.87. The third kappa shape index (κ3) is 2.64. The summed E-state index contributed by atoms with van der Waals surface area (Å²) < 4.78 is 0. The van der Waals surface area contributed by atoms with Crippen molar-refractivity contribution in [2.45, 2.75) is 64.8 Å². The SMILES string of the molecule is CCCC1CCCCN1C(=O)C1(C(N)=S)CC(C)C1. The van der Waals surface area contributed by atoms with Crippen molar-refractivity contribution in [2.75, 3.05) is 6.54 Å². The van der Waals surface area contributed by atoms with Gasteiger partial charge in [-0.15, -0.1) is 0 Å². The molecule has 2 rings (SSSR count). The van der Waals surface area contributed by atoms with E-state index in [2.05, 4.69) is 18.7 Å². The molecule has 2 aliphatic rings. The number of carbonyl (C=O) groups excluding carboxylic acids is 1. The first-order chi connectivity index (χ1) is 9.01. The number of piperidine rings is 1. The summed E-state index contributed by atoms with van der Waals surface area (Å²) in [6.45, 7) is 5.25. The van der Waals surface area contributed by atoms with Crippen LogP contribution in [0.4, 0.5) is 0 Å². The number of nitrogens with zero attached hydrogens (tertiary/aromatic N) is 1. The van der Waals surface area contributed by atoms with Crippen LogP contribution in [0.5, 0.6) is 0 Å². The average molecular weight is 282 g/mol. The van der Waals surface area contributed by atoms with E-state index in [4.69, 9.17) is 18.0 Å². The second-order valence-electron chi connectivity index (χ2n) is 6.40. The van der Waals surface area contributed by atoms with Crippen LogP contribution in [-0.2, 0) is 4.79 Å². The highest BCUT2D eigenvalue weighted by atomic mass is 32.1. The van der Waals surface area contributed by atoms with E-state index in [-0.39, 0.29) is 5.91 Å². The molecular weight excluding hydrogens is 256 g/mol. The number of rotatable bonds is 4. The Morgan fingerprint density at radius 2 is 2.11 bits per heavy atom. The van der Waals surface area contributed by atoms with Gasteiger partial charge in [0.1, 0.15) is 0 Å². The summed E-state index contributed by atoms with van der Waals surface area (Å²) >= 11 is 5.21. The fraction of sp³-hybridized carbons (Fsp3) is 0.867. The zero-order valence-electron chi connectivity index (χ0n) is 12.2. The highest BCUT2D eigenvalue weighted by molar-refractivity contribution is 7.80. The normalized spacial score (nSPS) is 34.7. The maximum Gasteiger partial charge on any atom is 0.235 e. The Hall–Kier alpha value is -0.640. The first-order valence-electron chi connectivity index (χ1n) is 7.62. The molecular formula is C15H26N2OS. The van der Waals surface area contributed by atoms with Crippen molar-refractivity contribution < 1.29 is 4.79 Å². The third-order valence-electron chi connectivity index (χ3n) is 4.78. The van der Waals surface area contributed by atoms with Gasteiger partial charge in [-0.05, 0) is 44.4 Å². The second-order valence-corrected chi connectivity index (χ2v) is 6.84. The van der Waals surface area contributed by atoms with Crippen molar-refractivity contribution in [1.82, 2.24) is 4.90 Å². The van der Waals surface area contributed by atoms with Gasteiger partial charge in [-0.25, -0.2) is 0 Å². The van der Waals surface area contributed by atoms with Gasteiger partial charge in [0.05, 0.1) is 10.4 Å². The molecule has 0 spiro atoms. The molecule has 108 valence electrons. The van der Waals surface area contributed by atoms with Crippen LogP contribution in [0.2, 0.25) is 0 Å². The minimum absolute atomic E-state index is 0.219. The quantitative estimate of drug-likeness (QED) is 0.807. The van der Waals surface area contributed by atoms with Crippen LogP contribution in [0.25, 0.3) is 0 Å². The standard InChI is InChI=1S/C15H26N2OS/c1-3-6-12-7-4-5-8-17(12)14(18)15(13(16)19)9-11(2)10-15/h11-12H,3-10H2,1-2H3,(H2,16,19). The van der Waals surface area contributed by atoms with Gasteiger partial charge in [0.15, 0.2) is 0 Å². The molecule has 0 aromatic rings. The lowest BCUT2D eigenvalue weighted by Crippen LogP contribution is -2.59. The Kier molecular flexibility index (Phi) is 4.49. The second kappa shape index (κ2) is 5.78. The molecule has 1 heterocycles. The van der Waals surface area contributed by atoms with Crippen LogP contribution in [0.3, 0.4) is 0 Å². The van der Waals surface area contributed by atoms with Crippen LogP contribution in [0, 0.1) is 11.3 Å². The minimum atomic E-state index is -0.516. The molecule has 1 atom stereocenters. The number of hydrogen-bond donors (Lipinski definition) is 1. The van der Waals surface area contributed by atoms with E-state index in [1.165, 1.54) is 6.42 Å². The number of carbonyl (C=O) groups is 1. The van der Waals surface area contributed by atoms with Crippen LogP contribution >= 0.6 is 12.2 Å². The molecule has 1 amide bonds. The van der Waals surface area contributed by atoms with E-state index in [9.17, 15) is 4.79 Å². The molecule has 1 saturated heterocycles. The highest BCUT2D eigenvalue weighted by Crippen LogP contribution is 2.48. The van der Waals surface area contributed by atoms with Gasteiger partial charge in [0.2, 0.25) is 5.91 Å². The maximum atomic E-state index is 12.9. The van der Waals surface area contributed by atoms with Crippen molar-refractivity contribution in [2.24, 2.45) is 17.1 Å². The Morgan fingerprint density at radius 1 is 1.42 bits per heavy atom. The molecule has 1 aliphatic carbocycles. The van der Waals surface area contributed by atoms with E-state index < -0.39 is 5.41 Å². The highest BCUT2D eigenvalue weighted by Gasteiger charge is 2.53. The summed E-state index contributed by atoms with van der Waals surface area (Å²) in [6, 6.07) is 0.411. The molecule has 4 heteroatoms. The number of thiocarbonyl (C=S) groups is 1. The lowest BCUT2D eigenvalue weighted by molar-refractivity contribution is -0.148. The van der Waals surface area contributed by atoms with E-state index >= 15 is 0 Å². The van der Waals surface area contributed by atoms with Crippen LogP contribution in [0.1, 0.15) is 58.8 Å². The van der Waals surface area contributed by atoms with Crippen LogP contribution < -0.4 is 5.73 Å². The molecule has 1 saturated carbocycles. The number of amides is 1. The first-order valence-corrected chi connectivity index (χ1v) is 8.03. The molecule has 2 N–H and O–H groups in total. The topological polar surface area (TPSA) is 46.3 Å². The van der Waals surface area contributed by atoms with Gasteiger partial charge in [-0.2, -0.15) is 0 Å². The third-order valence-corrected chi connectivity index (χ3v) is 5.18. The lowest BCUT2D eigenvalue weighted by atomic mass is 9.61. The summed E-state index contributed by atoms with van der Waals surface area (Å²) in [5.74, 6) is 0.788. The van der Waals surface area contributed by atoms with Gasteiger partial charge < -0.3 is 10.6 Å². The predicted molar refractivity (Wildman–Crippen MR) is 81.9 cm³/mol. The Labute approximate surface area is 121 Å². The summed E-state index contributed by atoms with van der Waals surface area (Å²) in [6.07, 6.45) is 7.43. The van der Waals surface area contributed by atoms with Crippen molar-refractivity contribution >= 4 is 23.1 Å². The summed E-state index contributed by atoms with van der Waals surface area (Å²) in [5, 5.41) is 0. The van der Waals surface area contributed by atoms with E-state index in [1.807, 2.05) is 0 Å². The lowest BCUT2D eigenvalue weighted by Gasteiger charge is -2.49. The Morgan fingerprint density at radius 3 is 2.63 bits per heavy atom. The number of hydrogen-bond acceptors (Lipinski definition) is 2. The van der Waals surface area contributed by atoms with E-state index in [1.54, 1.807) is 0 Å². The van der Waals surface area contributed by atoms with Gasteiger partial charge in [-0.1, -0.05) is 32.5 Å². The Bertz CT molecular complexity index is 361. The molecule has 0 radical (unpaired) electrons. The van der Waals surface area contributed by atoms with Crippen molar-refractivity contribution in [3.05, 3.63) is 0 Å². The number of likely N-dealkylation sites (tertiary alicyclic amines) is 1. The maximum absolute atomic E-state index is 12.9. The minimum Gasteiger partial charge on any atom is -0.392 e. The smallest absolute Gasteiger partial charge is 0.235 e.